The minimum atomic E-state index is -2.56. The fourth-order valence-corrected chi connectivity index (χ4v) is 4.17. The Morgan fingerprint density at radius 3 is 2.58 bits per heavy atom. The SMILES string of the molecule is [2H]C([2H])([2H])c1c[n+](C)c(-c2c(C)ccc3c2oc2c([N+]#[C-])ccc(-c4ccccc4)c23)cc1F. The molecule has 3 nitrogen and oxygen atoms in total. The lowest BCUT2D eigenvalue weighted by molar-refractivity contribution is -0.661. The predicted molar refractivity (Wildman–Crippen MR) is 121 cm³/mol. The van der Waals surface area contributed by atoms with Crippen molar-refractivity contribution in [1.29, 1.82) is 0 Å². The number of aryl methyl sites for hydroxylation is 3. The van der Waals surface area contributed by atoms with Gasteiger partial charge in [-0.3, -0.25) is 0 Å². The molecule has 150 valence electrons. The van der Waals surface area contributed by atoms with Crippen molar-refractivity contribution in [3.05, 3.63) is 95.2 Å². The Balaban J connectivity index is 1.89. The summed E-state index contributed by atoms with van der Waals surface area (Å²) in [6, 6.07) is 18.7. The second kappa shape index (κ2) is 7.07. The van der Waals surface area contributed by atoms with Crippen molar-refractivity contribution in [3.63, 3.8) is 0 Å². The molecule has 0 aliphatic carbocycles. The molecule has 0 aliphatic rings. The van der Waals surface area contributed by atoms with Gasteiger partial charge in [0.2, 0.25) is 11.4 Å². The maximum atomic E-state index is 14.9. The summed E-state index contributed by atoms with van der Waals surface area (Å²) in [5.74, 6) is -0.799. The van der Waals surface area contributed by atoms with E-state index in [1.807, 2.05) is 55.5 Å². The van der Waals surface area contributed by atoms with Gasteiger partial charge in [-0.25, -0.2) is 13.8 Å². The number of hydrogen-bond acceptors (Lipinski definition) is 1. The van der Waals surface area contributed by atoms with Crippen LogP contribution in [0.15, 0.2) is 71.3 Å². The van der Waals surface area contributed by atoms with Crippen LogP contribution < -0.4 is 4.57 Å². The van der Waals surface area contributed by atoms with Crippen LogP contribution in [0.2, 0.25) is 0 Å². The highest BCUT2D eigenvalue weighted by Crippen LogP contribution is 2.44. The van der Waals surface area contributed by atoms with E-state index in [0.29, 0.717) is 28.1 Å². The molecule has 0 amide bonds. The molecule has 5 aromatic rings. The van der Waals surface area contributed by atoms with E-state index in [1.54, 1.807) is 17.7 Å². The third kappa shape index (κ3) is 2.90. The summed E-state index contributed by atoms with van der Waals surface area (Å²) in [5.41, 5.74) is 4.96. The molecule has 0 radical (unpaired) electrons. The van der Waals surface area contributed by atoms with Gasteiger partial charge in [0.25, 0.3) is 0 Å². The van der Waals surface area contributed by atoms with Crippen molar-refractivity contribution in [2.45, 2.75) is 13.8 Å². The van der Waals surface area contributed by atoms with Gasteiger partial charge < -0.3 is 4.42 Å². The zero-order chi connectivity index (χ0) is 24.2. The molecule has 0 spiro atoms. The molecule has 31 heavy (non-hydrogen) atoms. The van der Waals surface area contributed by atoms with Crippen LogP contribution in [0.1, 0.15) is 15.2 Å². The first-order valence-electron chi connectivity index (χ1n) is 11.3. The Morgan fingerprint density at radius 1 is 1.03 bits per heavy atom. The van der Waals surface area contributed by atoms with Crippen molar-refractivity contribution in [3.8, 4) is 22.4 Å². The van der Waals surface area contributed by atoms with Crippen LogP contribution >= 0.6 is 0 Å². The Kier molecular flexibility index (Phi) is 3.61. The molecule has 0 fully saturated rings. The van der Waals surface area contributed by atoms with Gasteiger partial charge in [0.15, 0.2) is 6.20 Å². The van der Waals surface area contributed by atoms with Gasteiger partial charge >= 0.3 is 0 Å². The Bertz CT molecular complexity index is 1630. The third-order valence-corrected chi connectivity index (χ3v) is 5.66. The van der Waals surface area contributed by atoms with E-state index in [0.717, 1.165) is 27.5 Å². The first-order valence-corrected chi connectivity index (χ1v) is 9.82. The molecule has 2 aromatic heterocycles. The number of fused-ring (bicyclic) bond motifs is 3. The first kappa shape index (κ1) is 15.8. The monoisotopic (exact) mass is 410 g/mol. The Labute approximate surface area is 184 Å². The minimum Gasteiger partial charge on any atom is -0.466 e. The van der Waals surface area contributed by atoms with Crippen molar-refractivity contribution in [2.24, 2.45) is 7.05 Å². The molecule has 0 unspecified atom stereocenters. The molecule has 5 rings (SSSR count). The summed E-state index contributed by atoms with van der Waals surface area (Å²) in [6.07, 6.45) is 1.30. The lowest BCUT2D eigenvalue weighted by Gasteiger charge is -2.07. The Hall–Kier alpha value is -3.97. The van der Waals surface area contributed by atoms with E-state index in [-0.39, 0.29) is 5.56 Å². The van der Waals surface area contributed by atoms with E-state index in [1.165, 1.54) is 12.3 Å². The number of aromatic nitrogens is 1. The van der Waals surface area contributed by atoms with Crippen molar-refractivity contribution < 1.29 is 17.5 Å². The van der Waals surface area contributed by atoms with Gasteiger partial charge in [-0.1, -0.05) is 54.6 Å². The molecular formula is C27H20FN2O+. The highest BCUT2D eigenvalue weighted by molar-refractivity contribution is 6.18. The number of halogens is 1. The molecule has 0 N–H and O–H groups in total. The summed E-state index contributed by atoms with van der Waals surface area (Å²) >= 11 is 0. The topological polar surface area (TPSA) is 21.4 Å². The first-order chi connectivity index (χ1) is 16.2. The highest BCUT2D eigenvalue weighted by atomic mass is 19.1. The van der Waals surface area contributed by atoms with E-state index in [2.05, 4.69) is 4.85 Å². The second-order valence-corrected chi connectivity index (χ2v) is 7.58. The summed E-state index contributed by atoms with van der Waals surface area (Å²) < 4.78 is 45.7. The smallest absolute Gasteiger partial charge is 0.229 e. The average molecular weight is 410 g/mol. The quantitative estimate of drug-likeness (QED) is 0.226. The summed E-state index contributed by atoms with van der Waals surface area (Å²) in [4.78, 5) is 3.65. The van der Waals surface area contributed by atoms with E-state index < -0.39 is 12.7 Å². The zero-order valence-corrected chi connectivity index (χ0v) is 17.0. The highest BCUT2D eigenvalue weighted by Gasteiger charge is 2.24. The van der Waals surface area contributed by atoms with Crippen LogP contribution in [0, 0.1) is 26.2 Å². The molecule has 4 heteroatoms. The van der Waals surface area contributed by atoms with Crippen LogP contribution in [0.3, 0.4) is 0 Å². The van der Waals surface area contributed by atoms with Crippen LogP contribution in [0.4, 0.5) is 10.1 Å². The number of rotatable bonds is 2. The normalized spacial score (nSPS) is 13.0. The van der Waals surface area contributed by atoms with Crippen molar-refractivity contribution in [1.82, 2.24) is 0 Å². The van der Waals surface area contributed by atoms with Gasteiger partial charge in [-0.05, 0) is 30.5 Å². The molecule has 0 bridgehead atoms. The maximum Gasteiger partial charge on any atom is 0.229 e. The van der Waals surface area contributed by atoms with Gasteiger partial charge in [0.1, 0.15) is 24.0 Å². The average Bonchev–Trinajstić information content (AvgIpc) is 3.19. The number of hydrogen-bond donors (Lipinski definition) is 0. The molecule has 3 aromatic carbocycles. The number of furan rings is 1. The zero-order valence-electron chi connectivity index (χ0n) is 20.0. The lowest BCUT2D eigenvalue weighted by Crippen LogP contribution is -2.31. The molecule has 2 heterocycles. The van der Waals surface area contributed by atoms with E-state index in [4.69, 9.17) is 15.1 Å². The molecular weight excluding hydrogens is 387 g/mol. The number of nitrogens with zero attached hydrogens (tertiary/aromatic N) is 2. The van der Waals surface area contributed by atoms with Gasteiger partial charge in [0, 0.05) is 26.5 Å². The van der Waals surface area contributed by atoms with E-state index >= 15 is 0 Å². The Morgan fingerprint density at radius 2 is 1.84 bits per heavy atom. The summed E-state index contributed by atoms with van der Waals surface area (Å²) in [7, 11) is 1.69. The molecule has 0 atom stereocenters. The molecule has 0 aliphatic heterocycles. The fraction of sp³-hybridized carbons (Fsp3) is 0.111. The van der Waals surface area contributed by atoms with Gasteiger partial charge in [-0.2, -0.15) is 0 Å². The largest absolute Gasteiger partial charge is 0.466 e. The fourth-order valence-electron chi connectivity index (χ4n) is 4.17. The second-order valence-electron chi connectivity index (χ2n) is 7.58. The summed E-state index contributed by atoms with van der Waals surface area (Å²) in [5, 5.41) is 1.62. The van der Waals surface area contributed by atoms with Crippen molar-refractivity contribution in [2.75, 3.05) is 0 Å². The van der Waals surface area contributed by atoms with Gasteiger partial charge in [-0.15, -0.1) is 0 Å². The van der Waals surface area contributed by atoms with Crippen LogP contribution in [-0.2, 0) is 7.05 Å². The molecule has 0 saturated carbocycles. The third-order valence-electron chi connectivity index (χ3n) is 5.66. The van der Waals surface area contributed by atoms with Crippen LogP contribution in [0.5, 0.6) is 0 Å². The van der Waals surface area contributed by atoms with Crippen molar-refractivity contribution >= 4 is 27.6 Å². The van der Waals surface area contributed by atoms with Crippen LogP contribution in [0.25, 0.3) is 49.2 Å². The van der Waals surface area contributed by atoms with E-state index in [9.17, 15) is 4.39 Å². The lowest BCUT2D eigenvalue weighted by atomic mass is 9.96. The van der Waals surface area contributed by atoms with Gasteiger partial charge in [0.05, 0.1) is 12.1 Å². The minimum absolute atomic E-state index is 0.338. The number of pyridine rings is 1. The number of benzene rings is 3. The summed E-state index contributed by atoms with van der Waals surface area (Å²) in [6.45, 7) is 6.97. The standard InChI is InChI=1S/C27H20FN2O/c1-16-10-11-20-25-19(18-8-6-5-7-9-18)12-13-22(29-3)27(25)31-26(20)24(16)23-14-21(28)17(2)15-30(23)4/h5-15H,1-2,4H3/q+1/i2D3. The predicted octanol–water partition coefficient (Wildman–Crippen LogP) is 7.05. The van der Waals surface area contributed by atoms with Crippen LogP contribution in [-0.4, -0.2) is 0 Å². The molecule has 0 saturated heterocycles. The maximum absolute atomic E-state index is 14.9.